The third-order valence-corrected chi connectivity index (χ3v) is 15.0. The molecule has 0 saturated heterocycles. The maximum absolute atomic E-state index is 12.7. The molecule has 2 aromatic carbocycles. The van der Waals surface area contributed by atoms with Crippen molar-refractivity contribution in [3.63, 3.8) is 0 Å². The summed E-state index contributed by atoms with van der Waals surface area (Å²) in [6.45, 7) is 13.0. The molecule has 0 radical (unpaired) electrons. The SMILES string of the molecule is CCCCCCCCCc1ccc(P(=O)([O-])CC(CC)CCCC)cc1.CCCCCCCCCc1ccc(P(=O)([O-])CC(CC)CCCC)cc1.[Fe+2]. The van der Waals surface area contributed by atoms with Gasteiger partial charge in [-0.15, -0.1) is 0 Å². The summed E-state index contributed by atoms with van der Waals surface area (Å²) in [7, 11) is -6.95. The van der Waals surface area contributed by atoms with Crippen molar-refractivity contribution in [3.05, 3.63) is 59.7 Å². The van der Waals surface area contributed by atoms with E-state index in [-0.39, 0.29) is 17.1 Å². The third kappa shape index (κ3) is 24.6. The fourth-order valence-electron chi connectivity index (χ4n) is 7.08. The van der Waals surface area contributed by atoms with Gasteiger partial charge < -0.3 is 18.9 Å². The first-order valence-electron chi connectivity index (χ1n) is 21.9. The summed E-state index contributed by atoms with van der Waals surface area (Å²) in [5.74, 6) is 0.594. The van der Waals surface area contributed by atoms with Crippen molar-refractivity contribution in [3.8, 4) is 0 Å². The molecular formula is C46H80FeO4P2. The van der Waals surface area contributed by atoms with Crippen LogP contribution in [0.25, 0.3) is 0 Å². The van der Waals surface area contributed by atoms with Gasteiger partial charge in [0.2, 0.25) is 0 Å². The van der Waals surface area contributed by atoms with Gasteiger partial charge in [-0.25, -0.2) is 0 Å². The Labute approximate surface area is 339 Å². The van der Waals surface area contributed by atoms with Crippen molar-refractivity contribution < 1.29 is 36.0 Å². The molecule has 0 spiro atoms. The Bertz CT molecular complexity index is 1120. The second-order valence-electron chi connectivity index (χ2n) is 15.6. The number of rotatable bonds is 30. The normalized spacial score (nSPS) is 14.6. The van der Waals surface area contributed by atoms with Crippen molar-refractivity contribution >= 4 is 25.3 Å². The Morgan fingerprint density at radius 1 is 0.434 bits per heavy atom. The van der Waals surface area contributed by atoms with Crippen molar-refractivity contribution in [2.75, 3.05) is 12.3 Å². The van der Waals surface area contributed by atoms with Gasteiger partial charge in [-0.3, -0.25) is 0 Å². The third-order valence-electron chi connectivity index (χ3n) is 10.9. The van der Waals surface area contributed by atoms with Crippen molar-refractivity contribution in [1.29, 1.82) is 0 Å². The molecule has 0 fully saturated rings. The minimum absolute atomic E-state index is 0. The maximum Gasteiger partial charge on any atom is 2.00 e. The quantitative estimate of drug-likeness (QED) is 0.0447. The zero-order valence-electron chi connectivity index (χ0n) is 35.0. The molecule has 2 aromatic rings. The topological polar surface area (TPSA) is 80.3 Å². The first-order valence-corrected chi connectivity index (χ1v) is 25.5. The van der Waals surface area contributed by atoms with Gasteiger partial charge in [0.15, 0.2) is 0 Å². The molecule has 0 aromatic heterocycles. The van der Waals surface area contributed by atoms with Gasteiger partial charge >= 0.3 is 17.1 Å². The van der Waals surface area contributed by atoms with Crippen LogP contribution in [0, 0.1) is 11.8 Å². The number of hydrogen-bond acceptors (Lipinski definition) is 4. The molecule has 0 saturated carbocycles. The molecule has 4 unspecified atom stereocenters. The summed E-state index contributed by atoms with van der Waals surface area (Å²) in [5.41, 5.74) is 2.53. The van der Waals surface area contributed by atoms with Gasteiger partial charge in [0.05, 0.1) is 0 Å². The van der Waals surface area contributed by atoms with Crippen molar-refractivity contribution in [1.82, 2.24) is 0 Å². The number of aryl methyl sites for hydroxylation is 2. The predicted octanol–water partition coefficient (Wildman–Crippen LogP) is 12.9. The van der Waals surface area contributed by atoms with Gasteiger partial charge in [0.1, 0.15) is 0 Å². The van der Waals surface area contributed by atoms with Gasteiger partial charge in [-0.05, 0) is 71.6 Å². The van der Waals surface area contributed by atoms with Crippen molar-refractivity contribution in [2.45, 2.75) is 196 Å². The Balaban J connectivity index is 0.00000100. The standard InChI is InChI=1S/2C23H41O2P.Fe/c2*1-4-7-9-10-11-12-13-15-22-16-18-23(19-17-22)26(24,25)20-21(6-3)14-8-5-2;/h2*16-19,21H,4-15,20H2,1-3H3,(H,24,25);/q;;+2/p-2. The smallest absolute Gasteiger partial charge is 0.796 e. The second-order valence-corrected chi connectivity index (χ2v) is 20.1. The summed E-state index contributed by atoms with van der Waals surface area (Å²) in [6, 6.07) is 15.4. The van der Waals surface area contributed by atoms with Gasteiger partial charge in [-0.1, -0.05) is 218 Å². The molecule has 0 heterocycles. The van der Waals surface area contributed by atoms with E-state index in [1.165, 1.54) is 101 Å². The van der Waals surface area contributed by atoms with Crippen molar-refractivity contribution in [2.24, 2.45) is 11.8 Å². The molecule has 0 aliphatic heterocycles. The fraction of sp³-hybridized carbons (Fsp3) is 0.739. The molecule has 306 valence electrons. The summed E-state index contributed by atoms with van der Waals surface area (Å²) in [6.07, 6.45) is 29.6. The van der Waals surface area contributed by atoms with E-state index in [2.05, 4.69) is 41.5 Å². The zero-order valence-corrected chi connectivity index (χ0v) is 37.9. The number of benzene rings is 2. The molecule has 0 N–H and O–H groups in total. The Morgan fingerprint density at radius 3 is 1.00 bits per heavy atom. The average molecular weight is 815 g/mol. The first kappa shape index (κ1) is 52.3. The van der Waals surface area contributed by atoms with E-state index in [9.17, 15) is 18.9 Å². The first-order chi connectivity index (χ1) is 25.1. The van der Waals surface area contributed by atoms with Gasteiger partial charge in [-0.2, -0.15) is 0 Å². The van der Waals surface area contributed by atoms with Crippen LogP contribution in [0.2, 0.25) is 0 Å². The van der Waals surface area contributed by atoms with E-state index in [0.717, 1.165) is 64.2 Å². The van der Waals surface area contributed by atoms with Gasteiger partial charge in [0, 0.05) is 14.7 Å². The summed E-state index contributed by atoms with van der Waals surface area (Å²) in [5, 5.41) is 1.05. The number of unbranched alkanes of at least 4 members (excludes halogenated alkanes) is 14. The van der Waals surface area contributed by atoms with Gasteiger partial charge in [0.25, 0.3) is 0 Å². The molecule has 4 atom stereocenters. The molecule has 4 nitrogen and oxygen atoms in total. The van der Waals surface area contributed by atoms with Crippen LogP contribution in [0.4, 0.5) is 0 Å². The minimum atomic E-state index is -3.48. The van der Waals surface area contributed by atoms with Crippen LogP contribution in [0.5, 0.6) is 0 Å². The van der Waals surface area contributed by atoms with E-state index in [1.54, 1.807) is 0 Å². The van der Waals surface area contributed by atoms with Crippen LogP contribution in [-0.2, 0) is 39.0 Å². The van der Waals surface area contributed by atoms with Crippen LogP contribution in [-0.4, -0.2) is 12.3 Å². The van der Waals surface area contributed by atoms with E-state index in [1.807, 2.05) is 48.5 Å². The van der Waals surface area contributed by atoms with Crippen LogP contribution in [0.1, 0.15) is 194 Å². The summed E-state index contributed by atoms with van der Waals surface area (Å²) >= 11 is 0. The molecule has 0 aliphatic carbocycles. The summed E-state index contributed by atoms with van der Waals surface area (Å²) < 4.78 is 25.4. The Hall–Kier alpha value is -0.661. The molecule has 0 bridgehead atoms. The van der Waals surface area contributed by atoms with E-state index < -0.39 is 14.7 Å². The van der Waals surface area contributed by atoms with E-state index >= 15 is 0 Å². The van der Waals surface area contributed by atoms with E-state index in [0.29, 0.717) is 34.8 Å². The van der Waals surface area contributed by atoms with Crippen LogP contribution in [0.3, 0.4) is 0 Å². The monoisotopic (exact) mass is 814 g/mol. The fourth-order valence-corrected chi connectivity index (χ4v) is 10.9. The zero-order chi connectivity index (χ0) is 38.5. The van der Waals surface area contributed by atoms with Crippen LogP contribution >= 0.6 is 14.7 Å². The predicted molar refractivity (Wildman–Crippen MR) is 227 cm³/mol. The largest absolute Gasteiger partial charge is 2.00 e. The Morgan fingerprint density at radius 2 is 0.717 bits per heavy atom. The van der Waals surface area contributed by atoms with Crippen LogP contribution < -0.4 is 20.4 Å². The molecule has 2 rings (SSSR count). The number of hydrogen-bond donors (Lipinski definition) is 0. The maximum atomic E-state index is 12.7. The average Bonchev–Trinajstić information content (AvgIpc) is 3.14. The molecule has 7 heteroatoms. The minimum Gasteiger partial charge on any atom is -0.796 e. The van der Waals surface area contributed by atoms with E-state index in [4.69, 9.17) is 0 Å². The molecular weight excluding hydrogens is 734 g/mol. The Kier molecular flexibility index (Phi) is 32.0. The van der Waals surface area contributed by atoms with Crippen LogP contribution in [0.15, 0.2) is 48.5 Å². The molecule has 53 heavy (non-hydrogen) atoms. The molecule has 0 aliphatic rings. The summed E-state index contributed by atoms with van der Waals surface area (Å²) in [4.78, 5) is 25.4. The second kappa shape index (κ2) is 32.4. The molecule has 0 amide bonds.